The van der Waals surface area contributed by atoms with Crippen LogP contribution in [0.2, 0.25) is 0 Å². The molecule has 4 rings (SSSR count). The molecule has 0 fully saturated rings. The van der Waals surface area contributed by atoms with E-state index in [0.717, 1.165) is 16.9 Å². The maximum absolute atomic E-state index is 4.80. The summed E-state index contributed by atoms with van der Waals surface area (Å²) in [6, 6.07) is 12.3. The molecule has 0 saturated carbocycles. The van der Waals surface area contributed by atoms with Gasteiger partial charge in [0.1, 0.15) is 5.52 Å². The Morgan fingerprint density at radius 3 is 2.68 bits per heavy atom. The number of rotatable bonds is 0. The predicted octanol–water partition coefficient (Wildman–Crippen LogP) is 3.33. The van der Waals surface area contributed by atoms with Gasteiger partial charge in [-0.25, -0.2) is 15.0 Å². The second-order valence-electron chi connectivity index (χ2n) is 5.44. The number of nitrogens with zero attached hydrogens (tertiary/aromatic N) is 3. The average Bonchev–Trinajstić information content (AvgIpc) is 2.66. The quantitative estimate of drug-likeness (QED) is 0.611. The highest BCUT2D eigenvalue weighted by molar-refractivity contribution is 5.81. The molecule has 0 bridgehead atoms. The zero-order valence-electron chi connectivity index (χ0n) is 10.9. The number of hydrogen-bond donors (Lipinski definition) is 0. The Hall–Kier alpha value is -2.29. The monoisotopic (exact) mass is 247 g/mol. The Balaban J connectivity index is 2.15. The zero-order chi connectivity index (χ0) is 13.0. The molecule has 3 aromatic rings. The van der Waals surface area contributed by atoms with Gasteiger partial charge in [-0.1, -0.05) is 38.1 Å². The number of fused-ring (bicyclic) bond motifs is 4. The number of benzene rings is 1. The first kappa shape index (κ1) is 10.6. The van der Waals surface area contributed by atoms with E-state index in [2.05, 4.69) is 37.0 Å². The summed E-state index contributed by atoms with van der Waals surface area (Å²) in [5, 5.41) is 0. The fourth-order valence-electron chi connectivity index (χ4n) is 2.88. The van der Waals surface area contributed by atoms with E-state index in [9.17, 15) is 0 Å². The summed E-state index contributed by atoms with van der Waals surface area (Å²) in [5.74, 6) is 0. The lowest BCUT2D eigenvalue weighted by Crippen LogP contribution is -2.17. The van der Waals surface area contributed by atoms with E-state index in [1.807, 2.05) is 18.2 Å². The summed E-state index contributed by atoms with van der Waals surface area (Å²) in [4.78, 5) is 13.8. The van der Waals surface area contributed by atoms with Crippen LogP contribution in [-0.2, 0) is 5.41 Å². The highest BCUT2D eigenvalue weighted by Crippen LogP contribution is 2.46. The van der Waals surface area contributed by atoms with Crippen molar-refractivity contribution in [2.75, 3.05) is 0 Å². The van der Waals surface area contributed by atoms with Crippen LogP contribution in [0, 0.1) is 0 Å². The molecule has 0 atom stereocenters. The molecule has 92 valence electrons. The van der Waals surface area contributed by atoms with Crippen molar-refractivity contribution in [3.8, 4) is 11.3 Å². The Morgan fingerprint density at radius 2 is 1.79 bits per heavy atom. The molecule has 3 heteroatoms. The van der Waals surface area contributed by atoms with Crippen LogP contribution >= 0.6 is 0 Å². The first-order chi connectivity index (χ1) is 9.18. The fourth-order valence-corrected chi connectivity index (χ4v) is 2.88. The molecule has 1 aliphatic rings. The summed E-state index contributed by atoms with van der Waals surface area (Å²) < 4.78 is 0. The number of aromatic nitrogens is 3. The first-order valence-corrected chi connectivity index (χ1v) is 6.41. The van der Waals surface area contributed by atoms with Crippen molar-refractivity contribution < 1.29 is 0 Å². The molecule has 0 N–H and O–H groups in total. The molecule has 0 amide bonds. The van der Waals surface area contributed by atoms with E-state index < -0.39 is 0 Å². The highest BCUT2D eigenvalue weighted by atomic mass is 14.9. The Bertz CT molecular complexity index is 806. The SMILES string of the molecule is CC1(C)c2ccccc2-c2nc3ncccc3nc21. The van der Waals surface area contributed by atoms with Crippen LogP contribution in [-0.4, -0.2) is 15.0 Å². The van der Waals surface area contributed by atoms with Gasteiger partial charge >= 0.3 is 0 Å². The highest BCUT2D eigenvalue weighted by Gasteiger charge is 2.38. The van der Waals surface area contributed by atoms with Crippen LogP contribution in [0.1, 0.15) is 25.1 Å². The largest absolute Gasteiger partial charge is 0.246 e. The third-order valence-electron chi connectivity index (χ3n) is 3.89. The van der Waals surface area contributed by atoms with Gasteiger partial charge < -0.3 is 0 Å². The molecule has 1 aromatic carbocycles. The minimum Gasteiger partial charge on any atom is -0.246 e. The second-order valence-corrected chi connectivity index (χ2v) is 5.44. The third kappa shape index (κ3) is 1.30. The Morgan fingerprint density at radius 1 is 0.947 bits per heavy atom. The van der Waals surface area contributed by atoms with Crippen molar-refractivity contribution in [3.05, 3.63) is 53.9 Å². The fraction of sp³-hybridized carbons (Fsp3) is 0.188. The van der Waals surface area contributed by atoms with E-state index in [1.165, 1.54) is 11.1 Å². The van der Waals surface area contributed by atoms with Crippen LogP contribution in [0.5, 0.6) is 0 Å². The summed E-state index contributed by atoms with van der Waals surface area (Å²) in [6.45, 7) is 4.41. The molecular weight excluding hydrogens is 234 g/mol. The molecule has 19 heavy (non-hydrogen) atoms. The summed E-state index contributed by atoms with van der Waals surface area (Å²) in [7, 11) is 0. The molecule has 2 heterocycles. The van der Waals surface area contributed by atoms with Crippen LogP contribution in [0.4, 0.5) is 0 Å². The van der Waals surface area contributed by atoms with Crippen LogP contribution < -0.4 is 0 Å². The van der Waals surface area contributed by atoms with Gasteiger partial charge in [-0.05, 0) is 17.7 Å². The van der Waals surface area contributed by atoms with Gasteiger partial charge in [0.05, 0.1) is 11.4 Å². The lowest BCUT2D eigenvalue weighted by atomic mass is 9.85. The van der Waals surface area contributed by atoms with Gasteiger partial charge in [0.15, 0.2) is 5.65 Å². The topological polar surface area (TPSA) is 38.7 Å². The van der Waals surface area contributed by atoms with E-state index in [1.54, 1.807) is 6.20 Å². The molecule has 0 aliphatic heterocycles. The predicted molar refractivity (Wildman–Crippen MR) is 74.9 cm³/mol. The number of pyridine rings is 1. The van der Waals surface area contributed by atoms with Crippen LogP contribution in [0.25, 0.3) is 22.4 Å². The Labute approximate surface area is 111 Å². The van der Waals surface area contributed by atoms with Gasteiger partial charge in [0, 0.05) is 17.2 Å². The Kier molecular flexibility index (Phi) is 1.89. The van der Waals surface area contributed by atoms with Crippen molar-refractivity contribution >= 4 is 11.2 Å². The lowest BCUT2D eigenvalue weighted by Gasteiger charge is -2.19. The second kappa shape index (κ2) is 3.38. The van der Waals surface area contributed by atoms with Crippen molar-refractivity contribution in [2.45, 2.75) is 19.3 Å². The van der Waals surface area contributed by atoms with Crippen molar-refractivity contribution in [2.24, 2.45) is 0 Å². The maximum atomic E-state index is 4.80. The number of hydrogen-bond acceptors (Lipinski definition) is 3. The summed E-state index contributed by atoms with van der Waals surface area (Å²) in [6.07, 6.45) is 1.76. The molecule has 0 spiro atoms. The average molecular weight is 247 g/mol. The molecule has 1 aliphatic carbocycles. The van der Waals surface area contributed by atoms with E-state index in [-0.39, 0.29) is 5.41 Å². The van der Waals surface area contributed by atoms with Gasteiger partial charge in [-0.15, -0.1) is 0 Å². The molecular formula is C16H13N3. The van der Waals surface area contributed by atoms with Crippen molar-refractivity contribution in [1.82, 2.24) is 15.0 Å². The van der Waals surface area contributed by atoms with E-state index in [0.29, 0.717) is 5.65 Å². The molecule has 0 saturated heterocycles. The molecule has 3 nitrogen and oxygen atoms in total. The maximum Gasteiger partial charge on any atom is 0.178 e. The lowest BCUT2D eigenvalue weighted by molar-refractivity contribution is 0.638. The van der Waals surface area contributed by atoms with E-state index >= 15 is 0 Å². The van der Waals surface area contributed by atoms with Crippen LogP contribution in [0.15, 0.2) is 42.6 Å². The van der Waals surface area contributed by atoms with E-state index in [4.69, 9.17) is 9.97 Å². The minimum atomic E-state index is -0.0943. The van der Waals surface area contributed by atoms with Gasteiger partial charge in [-0.3, -0.25) is 0 Å². The smallest absolute Gasteiger partial charge is 0.178 e. The van der Waals surface area contributed by atoms with Crippen molar-refractivity contribution in [1.29, 1.82) is 0 Å². The standard InChI is InChI=1S/C16H13N3/c1-16(2)11-7-4-3-6-10(11)13-14(16)18-12-8-5-9-17-15(12)19-13/h3-9H,1-2H3. The molecule has 2 aromatic heterocycles. The summed E-state index contributed by atoms with van der Waals surface area (Å²) in [5.41, 5.74) is 5.99. The van der Waals surface area contributed by atoms with Gasteiger partial charge in [0.25, 0.3) is 0 Å². The summed E-state index contributed by atoms with van der Waals surface area (Å²) >= 11 is 0. The molecule has 0 radical (unpaired) electrons. The normalized spacial score (nSPS) is 15.3. The van der Waals surface area contributed by atoms with Gasteiger partial charge in [0.2, 0.25) is 0 Å². The molecule has 0 unspecified atom stereocenters. The van der Waals surface area contributed by atoms with Crippen molar-refractivity contribution in [3.63, 3.8) is 0 Å². The van der Waals surface area contributed by atoms with Gasteiger partial charge in [-0.2, -0.15) is 0 Å². The van der Waals surface area contributed by atoms with Crippen LogP contribution in [0.3, 0.4) is 0 Å². The third-order valence-corrected chi connectivity index (χ3v) is 3.89. The zero-order valence-corrected chi connectivity index (χ0v) is 10.9. The minimum absolute atomic E-state index is 0.0943. The first-order valence-electron chi connectivity index (χ1n) is 6.41.